The highest BCUT2D eigenvalue weighted by atomic mass is 16.6. The van der Waals surface area contributed by atoms with Gasteiger partial charge in [-0.25, -0.2) is 34.2 Å². The van der Waals surface area contributed by atoms with E-state index in [0.717, 1.165) is 96.0 Å². The van der Waals surface area contributed by atoms with Crippen molar-refractivity contribution in [2.75, 3.05) is 69.9 Å². The second-order valence-electron chi connectivity index (χ2n) is 40.8. The number of aliphatic hydroxyl groups is 24. The van der Waals surface area contributed by atoms with Crippen LogP contribution in [0.1, 0.15) is 150 Å². The minimum atomic E-state index is -1.60. The number of aromatic hydroxyl groups is 2. The van der Waals surface area contributed by atoms with Gasteiger partial charge < -0.3 is 187 Å². The molecule has 0 radical (unpaired) electrons. The predicted molar refractivity (Wildman–Crippen MR) is 525 cm³/mol. The molecule has 31 N–H and O–H groups in total. The van der Waals surface area contributed by atoms with Crippen LogP contribution in [0.3, 0.4) is 0 Å². The highest BCUT2D eigenvalue weighted by Crippen LogP contribution is 2.48. The van der Waals surface area contributed by atoms with Crippen LogP contribution in [0.2, 0.25) is 0 Å². The fourth-order valence-electron chi connectivity index (χ4n) is 23.0. The summed E-state index contributed by atoms with van der Waals surface area (Å²) in [6.07, 6.45) is -14.2. The molecule has 11 fully saturated rings. The maximum Gasteiger partial charge on any atom is 0.344 e. The monoisotopic (exact) mass is 2110 g/mol. The van der Waals surface area contributed by atoms with Crippen LogP contribution in [-0.4, -0.2) is 428 Å². The highest BCUT2D eigenvalue weighted by Gasteiger charge is 2.56. The largest absolute Gasteiger partial charge is 0.508 e. The second kappa shape index (κ2) is 50.3. The van der Waals surface area contributed by atoms with Crippen LogP contribution in [-0.2, 0) is 35.0 Å². The maximum absolute atomic E-state index is 12.4. The minimum Gasteiger partial charge on any atom is -0.508 e. The van der Waals surface area contributed by atoms with Crippen molar-refractivity contribution in [2.24, 2.45) is 35.5 Å². The van der Waals surface area contributed by atoms with E-state index < -0.39 is 232 Å². The summed E-state index contributed by atoms with van der Waals surface area (Å²) >= 11 is 0. The number of carbonyl (C=O) groups excluding carboxylic acids is 1. The predicted octanol–water partition coefficient (Wildman–Crippen LogP) is -4.07. The quantitative estimate of drug-likeness (QED) is 0.0307. The van der Waals surface area contributed by atoms with Crippen molar-refractivity contribution in [3.63, 3.8) is 0 Å². The SMILES string of the molecule is Nc1ncnc2c1ncn2[C@H]1C[C@H](CO)[C@@H](O)[C@H](O)[C@@H]1O.O=C(O)[C@H](CC1CCCCC1)Oc1ccc2ccc(O)c([C@H]3O[C@H](CO)[C@@H](O)[C@H](O)[C@@H]3O)c2c1.O=C(O)[C@H](CC1CCCCC1)Oc1ccc2ccc(O)c([C@H]3O[C@H](CO)[C@@H](O)[C@H](O)[C@@H]3O)c2c1.O=C1C2CCN(CC2)[C@H]1[C@H]1O[C@H](CO)[C@@H](O)[C@H](O)[C@@H]1O.O=c1[nH]cnc2c1nnn2[C@H]1C[C@H](CO)[C@@H](O)[C@H](O)[C@@H]1O.OC[C@H]1C[C@H](N2CCc3ccccc32)[C@@H](O)[C@@H](O)[C@@H]1O. The smallest absolute Gasteiger partial charge is 0.344 e. The van der Waals surface area contributed by atoms with E-state index in [1.54, 1.807) is 53.1 Å². The number of hydrogen-bond acceptors (Lipinski definition) is 44. The Hall–Kier alpha value is -10.3. The molecule has 0 unspecified atom stereocenters. The molecule has 49 heteroatoms. The van der Waals surface area contributed by atoms with E-state index in [0.29, 0.717) is 63.8 Å². The van der Waals surface area contributed by atoms with Crippen molar-refractivity contribution < 1.29 is 181 Å². The van der Waals surface area contributed by atoms with Gasteiger partial charge in [-0.3, -0.25) is 14.5 Å². The third kappa shape index (κ3) is 24.3. The van der Waals surface area contributed by atoms with Gasteiger partial charge in [-0.05, 0) is 146 Å². The number of nitrogens with one attached hydrogen (secondary N) is 1. The van der Waals surface area contributed by atoms with Gasteiger partial charge in [0.2, 0.25) is 0 Å². The summed E-state index contributed by atoms with van der Waals surface area (Å²) in [6, 6.07) is 21.8. The third-order valence-corrected chi connectivity index (χ3v) is 31.6. The van der Waals surface area contributed by atoms with E-state index in [-0.39, 0.29) is 102 Å². The Morgan fingerprint density at radius 3 is 1.38 bits per heavy atom. The van der Waals surface area contributed by atoms with Gasteiger partial charge in [0.1, 0.15) is 163 Å². The lowest BCUT2D eigenvalue weighted by Crippen LogP contribution is -2.69. The van der Waals surface area contributed by atoms with Crippen molar-refractivity contribution in [2.45, 2.75) is 298 Å². The second-order valence-corrected chi connectivity index (χ2v) is 40.8. The standard InChI is InChI=1S/2C25H32O9.C15H21NO4.C13H21NO6.C12H17N5O4.C11H15N5O5/c2*26-12-19-21(28)22(29)23(30)24(34-19)20-16-11-15(8-6-14(16)7-9-17(20)27)33-18(25(31)32)10-13-4-2-1-3-5-13;17-8-10-7-12(14(19)15(20)13(10)18)16-6-5-9-3-1-2-4-11(9)16;15-5-7-10(17)11(18)12(19)13(20-7)8-9(16)6-1-3-14(8)4-2-6;13-11-7-12(15-3-14-11)17(4-16-7)6-1-5(2-18)8(19)10(21)9(6)20;17-2-4-1-5(8(19)9(20)7(4)18)16-10-6(14-15-16)11(21)13-3-12-10/h2*6-9,11,13,18-19,21-24,26-30H,1-5,10,12H2,(H,31,32);1-4,10,12-15,17-20H,5-8H2;6-8,10-13,15,17-19H,1-5H2;3-6,8-10,18-21H,1-2H2,(H2,13,14,15);3-5,7-9,17-20H,1-2H2,(H,12,13,21)/t2*18-,19+,21+,22-,23-,24+;10-,12+,13-,14-,15+;7-,8-,10-,11+,12+,13-;5-,6+,8-,9-,10+;4-,5+,7-,8-,9+/m001111/s1. The number of aromatic amines is 1. The Balaban J connectivity index is 0.000000137. The number of carboxylic acid groups (broad SMARTS) is 2. The van der Waals surface area contributed by atoms with Crippen LogP contribution in [0, 0.1) is 35.5 Å². The molecule has 9 aromatic rings. The minimum absolute atomic E-state index is 0.00244. The van der Waals surface area contributed by atoms with Gasteiger partial charge in [0, 0.05) is 66.9 Å². The molecule has 0 spiro atoms. The number of nitrogens with zero attached hydrogens (tertiary/aromatic N) is 10. The van der Waals surface area contributed by atoms with Crippen molar-refractivity contribution in [3.05, 3.63) is 131 Å². The lowest BCUT2D eigenvalue weighted by atomic mass is 9.77. The Morgan fingerprint density at radius 1 is 0.453 bits per heavy atom. The van der Waals surface area contributed by atoms with E-state index in [4.69, 9.17) is 29.4 Å². The maximum atomic E-state index is 12.4. The number of Topliss-reactive ketones (excluding diaryl/α,β-unsaturated/α-hetero) is 1. The van der Waals surface area contributed by atoms with Crippen LogP contribution in [0.5, 0.6) is 23.0 Å². The number of H-pyrrole nitrogens is 1. The van der Waals surface area contributed by atoms with Gasteiger partial charge in [0.05, 0.1) is 75.0 Å². The number of aromatic nitrogens is 9. The number of ketones is 1. The van der Waals surface area contributed by atoms with Crippen molar-refractivity contribution in [1.82, 2.24) is 49.4 Å². The third-order valence-electron chi connectivity index (χ3n) is 31.6. The van der Waals surface area contributed by atoms with E-state index in [1.165, 1.54) is 54.2 Å². The number of nitrogen functional groups attached to an aromatic ring is 1. The van der Waals surface area contributed by atoms with Gasteiger partial charge in [0.25, 0.3) is 5.56 Å². The molecule has 5 aromatic carbocycles. The molecule has 2 bridgehead atoms. The molecule has 7 aliphatic heterocycles. The molecule has 49 nitrogen and oxygen atoms in total. The average Bonchev–Trinajstić information content (AvgIpc) is 1.43. The summed E-state index contributed by atoms with van der Waals surface area (Å²) in [4.78, 5) is 70.2. The number of nitrogens with two attached hydrogens (primary N) is 1. The molecule has 4 aromatic heterocycles. The zero-order chi connectivity index (χ0) is 108. The number of anilines is 2. The lowest BCUT2D eigenvalue weighted by molar-refractivity contribution is -0.245. The van der Waals surface area contributed by atoms with Crippen LogP contribution in [0.15, 0.2) is 109 Å². The lowest BCUT2D eigenvalue weighted by Gasteiger charge is -2.50. The molecule has 150 heavy (non-hydrogen) atoms. The number of para-hydroxylation sites is 1. The first-order valence-electron chi connectivity index (χ1n) is 50.9. The molecule has 21 rings (SSSR count). The first-order chi connectivity index (χ1) is 71.8. The number of imidazole rings is 1. The van der Waals surface area contributed by atoms with E-state index in [9.17, 15) is 162 Å². The Morgan fingerprint density at radius 2 is 0.900 bits per heavy atom. The van der Waals surface area contributed by atoms with Gasteiger partial charge in [-0.2, -0.15) is 0 Å². The zero-order valence-electron chi connectivity index (χ0n) is 81.9. The number of aliphatic hydroxyl groups excluding tert-OH is 24. The van der Waals surface area contributed by atoms with E-state index in [1.807, 2.05) is 23.1 Å². The number of benzene rings is 5. The molecule has 33 atom stereocenters. The first-order valence-corrected chi connectivity index (χ1v) is 50.9. The van der Waals surface area contributed by atoms with Crippen molar-refractivity contribution >= 4 is 73.1 Å². The molecule has 6 saturated heterocycles. The summed E-state index contributed by atoms with van der Waals surface area (Å²) < 4.78 is 31.4. The summed E-state index contributed by atoms with van der Waals surface area (Å²) in [5.74, 6) is -2.66. The number of rotatable bonds is 22. The number of piperidine rings is 3. The Labute approximate surface area is 857 Å². The molecule has 0 amide bonds. The van der Waals surface area contributed by atoms with Crippen LogP contribution in [0.25, 0.3) is 43.9 Å². The topological polar surface area (TPSA) is 816 Å². The number of carboxylic acids is 2. The number of ether oxygens (including phenoxy) is 5. The van der Waals surface area contributed by atoms with E-state index in [2.05, 4.69) is 46.2 Å². The molecule has 12 aliphatic rings. The Bertz CT molecular complexity index is 5860. The summed E-state index contributed by atoms with van der Waals surface area (Å²) in [5, 5.41) is 288. The summed E-state index contributed by atoms with van der Waals surface area (Å²) in [7, 11) is 0. The zero-order valence-corrected chi connectivity index (χ0v) is 81.9. The summed E-state index contributed by atoms with van der Waals surface area (Å²) in [6.45, 7) is -0.129. The van der Waals surface area contributed by atoms with Crippen LogP contribution < -0.4 is 25.7 Å². The number of carbonyl (C=O) groups is 3. The molecular weight excluding hydrogens is 1970 g/mol. The molecular formula is C101H138N12O37. The van der Waals surface area contributed by atoms with Crippen LogP contribution in [0.4, 0.5) is 11.5 Å². The average molecular weight is 2110 g/mol. The van der Waals surface area contributed by atoms with Gasteiger partial charge in [-0.1, -0.05) is 112 Å². The fourth-order valence-corrected chi connectivity index (χ4v) is 23.0. The highest BCUT2D eigenvalue weighted by molar-refractivity contribution is 5.91. The number of fused-ring (bicyclic) bond motifs is 8. The fraction of sp³-hybridized carbons (Fsp3) is 0.624. The number of hydrogen-bond donors (Lipinski definition) is 30. The summed E-state index contributed by atoms with van der Waals surface area (Å²) in [5.41, 5.74) is 8.91. The molecule has 824 valence electrons. The van der Waals surface area contributed by atoms with Gasteiger partial charge in [0.15, 0.2) is 40.6 Å². The number of aliphatic carboxylic acids is 2. The number of phenols is 2. The van der Waals surface area contributed by atoms with Gasteiger partial charge >= 0.3 is 11.9 Å². The normalized spacial score (nSPS) is 34.5. The van der Waals surface area contributed by atoms with Crippen molar-refractivity contribution in [1.29, 1.82) is 0 Å². The first kappa shape index (κ1) is 114. The van der Waals surface area contributed by atoms with Crippen LogP contribution >= 0.6 is 0 Å². The molecule has 5 saturated carbocycles. The number of phenolic OH excluding ortho intramolecular Hbond substituents is 2. The molecule has 5 aliphatic carbocycles. The van der Waals surface area contributed by atoms with Crippen molar-refractivity contribution in [3.8, 4) is 23.0 Å². The van der Waals surface area contributed by atoms with Gasteiger partial charge in [-0.15, -0.1) is 5.10 Å². The van der Waals surface area contributed by atoms with E-state index >= 15 is 0 Å². The molecule has 11 heterocycles. The Kier molecular flexibility index (Phi) is 38.2.